The SMILES string of the molecule is NNc1nc(NC2CCCCCC2)nc(N2CCCC2)n1. The molecule has 116 valence electrons. The summed E-state index contributed by atoms with van der Waals surface area (Å²) in [5, 5.41) is 3.47. The van der Waals surface area contributed by atoms with Crippen LogP contribution in [0.5, 0.6) is 0 Å². The number of rotatable bonds is 4. The summed E-state index contributed by atoms with van der Waals surface area (Å²) < 4.78 is 0. The first-order valence-electron chi connectivity index (χ1n) is 8.09. The lowest BCUT2D eigenvalue weighted by molar-refractivity contribution is 0.614. The van der Waals surface area contributed by atoms with Gasteiger partial charge in [0.2, 0.25) is 17.8 Å². The normalized spacial score (nSPS) is 20.3. The van der Waals surface area contributed by atoms with Crippen LogP contribution in [-0.2, 0) is 0 Å². The van der Waals surface area contributed by atoms with Gasteiger partial charge in [0.25, 0.3) is 0 Å². The van der Waals surface area contributed by atoms with Gasteiger partial charge in [0.15, 0.2) is 0 Å². The maximum absolute atomic E-state index is 5.50. The van der Waals surface area contributed by atoms with Gasteiger partial charge in [-0.25, -0.2) is 5.84 Å². The van der Waals surface area contributed by atoms with E-state index in [1.54, 1.807) is 0 Å². The van der Waals surface area contributed by atoms with Gasteiger partial charge in [-0.2, -0.15) is 15.0 Å². The standard InChI is InChI=1S/C14H25N7/c15-20-13-17-12(16-11-7-3-1-2-4-8-11)18-14(19-13)21-9-5-6-10-21/h11H,1-10,15H2,(H2,16,17,18,19,20). The van der Waals surface area contributed by atoms with Crippen LogP contribution in [0, 0.1) is 0 Å². The molecule has 1 saturated carbocycles. The van der Waals surface area contributed by atoms with Crippen molar-refractivity contribution in [2.24, 2.45) is 5.84 Å². The number of nitrogens with zero attached hydrogens (tertiary/aromatic N) is 4. The van der Waals surface area contributed by atoms with E-state index in [0.29, 0.717) is 17.9 Å². The summed E-state index contributed by atoms with van der Waals surface area (Å²) in [4.78, 5) is 15.5. The second-order valence-corrected chi connectivity index (χ2v) is 5.95. The topological polar surface area (TPSA) is 92.0 Å². The maximum Gasteiger partial charge on any atom is 0.243 e. The van der Waals surface area contributed by atoms with Crippen molar-refractivity contribution in [2.45, 2.75) is 57.4 Å². The molecular formula is C14H25N7. The minimum atomic E-state index is 0.433. The van der Waals surface area contributed by atoms with Crippen molar-refractivity contribution in [1.29, 1.82) is 0 Å². The van der Waals surface area contributed by atoms with E-state index in [1.165, 1.54) is 51.4 Å². The lowest BCUT2D eigenvalue weighted by Crippen LogP contribution is -2.25. The molecule has 7 heteroatoms. The van der Waals surface area contributed by atoms with E-state index in [9.17, 15) is 0 Å². The number of hydrazine groups is 1. The smallest absolute Gasteiger partial charge is 0.243 e. The van der Waals surface area contributed by atoms with Crippen LogP contribution in [0.4, 0.5) is 17.8 Å². The van der Waals surface area contributed by atoms with Gasteiger partial charge in [0.05, 0.1) is 0 Å². The highest BCUT2D eigenvalue weighted by Gasteiger charge is 2.19. The molecule has 1 aromatic heterocycles. The predicted octanol–water partition coefficient (Wildman–Crippen LogP) is 1.89. The Hall–Kier alpha value is -1.63. The Morgan fingerprint density at radius 2 is 1.52 bits per heavy atom. The molecule has 0 aromatic carbocycles. The van der Waals surface area contributed by atoms with Crippen molar-refractivity contribution in [3.8, 4) is 0 Å². The Bertz CT molecular complexity index is 451. The van der Waals surface area contributed by atoms with Crippen LogP contribution in [0.2, 0.25) is 0 Å². The zero-order valence-corrected chi connectivity index (χ0v) is 12.5. The molecule has 0 atom stereocenters. The van der Waals surface area contributed by atoms with Crippen LogP contribution < -0.4 is 21.5 Å². The van der Waals surface area contributed by atoms with Crippen molar-refractivity contribution in [1.82, 2.24) is 15.0 Å². The lowest BCUT2D eigenvalue weighted by Gasteiger charge is -2.19. The number of nitrogens with one attached hydrogen (secondary N) is 2. The van der Waals surface area contributed by atoms with Crippen LogP contribution in [0.1, 0.15) is 51.4 Å². The summed E-state index contributed by atoms with van der Waals surface area (Å²) in [6.45, 7) is 2.02. The van der Waals surface area contributed by atoms with Crippen LogP contribution >= 0.6 is 0 Å². The number of anilines is 3. The van der Waals surface area contributed by atoms with Gasteiger partial charge >= 0.3 is 0 Å². The van der Waals surface area contributed by atoms with Crippen molar-refractivity contribution in [3.63, 3.8) is 0 Å². The Morgan fingerprint density at radius 3 is 2.19 bits per heavy atom. The number of hydrogen-bond acceptors (Lipinski definition) is 7. The molecule has 2 heterocycles. The molecule has 3 rings (SSSR count). The molecule has 1 aromatic rings. The number of nitrogen functional groups attached to an aromatic ring is 1. The third kappa shape index (κ3) is 3.72. The monoisotopic (exact) mass is 291 g/mol. The molecule has 0 amide bonds. The summed E-state index contributed by atoms with van der Waals surface area (Å²) >= 11 is 0. The number of nitrogens with two attached hydrogens (primary N) is 1. The summed E-state index contributed by atoms with van der Waals surface area (Å²) in [7, 11) is 0. The molecule has 0 radical (unpaired) electrons. The molecule has 0 bridgehead atoms. The molecule has 7 nitrogen and oxygen atoms in total. The lowest BCUT2D eigenvalue weighted by atomic mass is 10.1. The average molecular weight is 291 g/mol. The van der Waals surface area contributed by atoms with E-state index in [0.717, 1.165) is 19.0 Å². The fraction of sp³-hybridized carbons (Fsp3) is 0.786. The first-order valence-corrected chi connectivity index (χ1v) is 8.09. The van der Waals surface area contributed by atoms with E-state index >= 15 is 0 Å². The molecule has 21 heavy (non-hydrogen) atoms. The molecule has 1 aliphatic carbocycles. The molecule has 2 fully saturated rings. The van der Waals surface area contributed by atoms with E-state index in [-0.39, 0.29) is 0 Å². The number of aromatic nitrogens is 3. The van der Waals surface area contributed by atoms with E-state index in [4.69, 9.17) is 5.84 Å². The Kier molecular flexibility index (Phi) is 4.69. The average Bonchev–Trinajstić information content (AvgIpc) is 2.93. The van der Waals surface area contributed by atoms with E-state index in [2.05, 4.69) is 30.6 Å². The second kappa shape index (κ2) is 6.89. The highest BCUT2D eigenvalue weighted by atomic mass is 15.4. The first kappa shape index (κ1) is 14.3. The molecular weight excluding hydrogens is 266 g/mol. The number of hydrogen-bond donors (Lipinski definition) is 3. The van der Waals surface area contributed by atoms with Crippen molar-refractivity contribution in [3.05, 3.63) is 0 Å². The highest BCUT2D eigenvalue weighted by Crippen LogP contribution is 2.22. The molecule has 4 N–H and O–H groups in total. The van der Waals surface area contributed by atoms with Gasteiger partial charge in [-0.1, -0.05) is 25.7 Å². The minimum Gasteiger partial charge on any atom is -0.351 e. The van der Waals surface area contributed by atoms with Crippen LogP contribution in [0.25, 0.3) is 0 Å². The summed E-state index contributed by atoms with van der Waals surface area (Å²) in [5.41, 5.74) is 2.55. The summed E-state index contributed by atoms with van der Waals surface area (Å²) in [6, 6.07) is 0.465. The Morgan fingerprint density at radius 1 is 0.857 bits per heavy atom. The van der Waals surface area contributed by atoms with E-state index in [1.807, 2.05) is 0 Å². The highest BCUT2D eigenvalue weighted by molar-refractivity contribution is 5.44. The van der Waals surface area contributed by atoms with Gasteiger partial charge in [0.1, 0.15) is 0 Å². The molecule has 2 aliphatic rings. The second-order valence-electron chi connectivity index (χ2n) is 5.95. The predicted molar refractivity (Wildman–Crippen MR) is 84.2 cm³/mol. The fourth-order valence-electron chi connectivity index (χ4n) is 3.16. The van der Waals surface area contributed by atoms with Gasteiger partial charge < -0.3 is 10.2 Å². The third-order valence-electron chi connectivity index (χ3n) is 4.33. The van der Waals surface area contributed by atoms with Gasteiger partial charge in [0, 0.05) is 19.1 Å². The van der Waals surface area contributed by atoms with Crippen molar-refractivity contribution in [2.75, 3.05) is 28.7 Å². The Balaban J connectivity index is 1.74. The molecule has 1 saturated heterocycles. The zero-order chi connectivity index (χ0) is 14.5. The van der Waals surface area contributed by atoms with Crippen molar-refractivity contribution < 1.29 is 0 Å². The third-order valence-corrected chi connectivity index (χ3v) is 4.33. The Labute approximate surface area is 125 Å². The van der Waals surface area contributed by atoms with E-state index < -0.39 is 0 Å². The maximum atomic E-state index is 5.50. The summed E-state index contributed by atoms with van der Waals surface area (Å²) in [5.74, 6) is 7.30. The van der Waals surface area contributed by atoms with Gasteiger partial charge in [-0.3, -0.25) is 5.43 Å². The molecule has 1 aliphatic heterocycles. The zero-order valence-electron chi connectivity index (χ0n) is 12.5. The first-order chi connectivity index (χ1) is 10.3. The molecule has 0 unspecified atom stereocenters. The quantitative estimate of drug-likeness (QED) is 0.443. The fourth-order valence-corrected chi connectivity index (χ4v) is 3.16. The van der Waals surface area contributed by atoms with Crippen molar-refractivity contribution >= 4 is 17.8 Å². The largest absolute Gasteiger partial charge is 0.351 e. The minimum absolute atomic E-state index is 0.433. The van der Waals surface area contributed by atoms with Gasteiger partial charge in [-0.15, -0.1) is 0 Å². The van der Waals surface area contributed by atoms with Crippen LogP contribution in [0.15, 0.2) is 0 Å². The van der Waals surface area contributed by atoms with Crippen LogP contribution in [-0.4, -0.2) is 34.1 Å². The summed E-state index contributed by atoms with van der Waals surface area (Å²) in [6.07, 6.45) is 10.0. The van der Waals surface area contributed by atoms with Crippen LogP contribution in [0.3, 0.4) is 0 Å². The molecule has 0 spiro atoms. The van der Waals surface area contributed by atoms with Gasteiger partial charge in [-0.05, 0) is 25.7 Å².